The molecular formula is C29H35N3O9. The van der Waals surface area contributed by atoms with Crippen molar-refractivity contribution >= 4 is 17.9 Å². The van der Waals surface area contributed by atoms with Crippen LogP contribution in [0.2, 0.25) is 0 Å². The molecule has 0 radical (unpaired) electrons. The van der Waals surface area contributed by atoms with Gasteiger partial charge in [0, 0.05) is 23.2 Å². The summed E-state index contributed by atoms with van der Waals surface area (Å²) in [7, 11) is 3.39. The van der Waals surface area contributed by atoms with Crippen LogP contribution in [-0.4, -0.2) is 68.4 Å². The number of nitrogens with zero attached hydrogens (tertiary/aromatic N) is 1. The van der Waals surface area contributed by atoms with Gasteiger partial charge in [0.2, 0.25) is 0 Å². The van der Waals surface area contributed by atoms with Crippen molar-refractivity contribution in [2.75, 3.05) is 14.2 Å². The molecule has 4 rings (SSSR count). The van der Waals surface area contributed by atoms with E-state index in [0.29, 0.717) is 0 Å². The van der Waals surface area contributed by atoms with Gasteiger partial charge < -0.3 is 35.2 Å². The molecule has 41 heavy (non-hydrogen) atoms. The van der Waals surface area contributed by atoms with E-state index in [1.807, 2.05) is 24.4 Å². The third-order valence-electron chi connectivity index (χ3n) is 7.08. The van der Waals surface area contributed by atoms with Gasteiger partial charge in [0.1, 0.15) is 11.5 Å². The Labute approximate surface area is 236 Å². The largest absolute Gasteiger partial charge is 0.497 e. The Bertz CT molecular complexity index is 1320. The molecule has 12 heteroatoms. The van der Waals surface area contributed by atoms with Crippen LogP contribution in [0.4, 0.5) is 0 Å². The van der Waals surface area contributed by atoms with Crippen LogP contribution < -0.4 is 14.8 Å². The van der Waals surface area contributed by atoms with Gasteiger partial charge in [0.25, 0.3) is 0 Å². The molecule has 220 valence electrons. The van der Waals surface area contributed by atoms with Crippen LogP contribution in [0.15, 0.2) is 54.7 Å². The molecule has 0 atom stereocenters. The first kappa shape index (κ1) is 31.1. The average Bonchev–Trinajstić information content (AvgIpc) is 3.62. The standard InChI is InChI=1S/C23H27N3O2.C6H8O7/c1-27-20-10-8-19(9-11-20)23(12-3-4-13-23)24-15-18-16-25-26-22(18)17-6-5-7-21(14-17)28-2;7-3(8)1-6(13,5(11)12)2-4(9)10/h5-11,14,16,24H,3-4,12-13,15H2,1-2H3,(H,25,26);13H,1-2H2,(H,7,8)(H,9,10)(H,11,12). The molecule has 12 nitrogen and oxygen atoms in total. The minimum absolute atomic E-state index is 0.00912. The Hall–Kier alpha value is -4.42. The fourth-order valence-electron chi connectivity index (χ4n) is 4.91. The highest BCUT2D eigenvalue weighted by molar-refractivity contribution is 5.88. The quantitative estimate of drug-likeness (QED) is 0.187. The summed E-state index contributed by atoms with van der Waals surface area (Å²) in [5.74, 6) is -3.28. The van der Waals surface area contributed by atoms with Gasteiger partial charge in [0.15, 0.2) is 5.60 Å². The summed E-state index contributed by atoms with van der Waals surface area (Å²) in [6.45, 7) is 0.759. The summed E-state index contributed by atoms with van der Waals surface area (Å²) in [5.41, 5.74) is 1.88. The van der Waals surface area contributed by atoms with Crippen molar-refractivity contribution in [2.24, 2.45) is 0 Å². The highest BCUT2D eigenvalue weighted by atomic mass is 16.5. The normalized spacial score (nSPS) is 14.0. The van der Waals surface area contributed by atoms with Gasteiger partial charge in [0.05, 0.1) is 39.0 Å². The SMILES string of the molecule is COc1ccc(C2(NCc3cn[nH]c3-c3cccc(OC)c3)CCCC2)cc1.O=C(O)CC(O)(CC(=O)O)C(=O)O. The summed E-state index contributed by atoms with van der Waals surface area (Å²) in [4.78, 5) is 30.5. The third kappa shape index (κ3) is 8.05. The van der Waals surface area contributed by atoms with Crippen LogP contribution in [0.3, 0.4) is 0 Å². The predicted octanol–water partition coefficient (Wildman–Crippen LogP) is 3.40. The number of benzene rings is 2. The Morgan fingerprint density at radius 2 is 1.56 bits per heavy atom. The van der Waals surface area contributed by atoms with Crippen molar-refractivity contribution < 1.29 is 44.3 Å². The smallest absolute Gasteiger partial charge is 0.336 e. The number of aliphatic carboxylic acids is 3. The number of methoxy groups -OCH3 is 2. The lowest BCUT2D eigenvalue weighted by atomic mass is 9.87. The van der Waals surface area contributed by atoms with Crippen molar-refractivity contribution in [3.8, 4) is 22.8 Å². The lowest BCUT2D eigenvalue weighted by Crippen LogP contribution is -2.42. The van der Waals surface area contributed by atoms with E-state index >= 15 is 0 Å². The molecule has 1 aliphatic rings. The fourth-order valence-corrected chi connectivity index (χ4v) is 4.91. The van der Waals surface area contributed by atoms with Gasteiger partial charge in [-0.1, -0.05) is 37.1 Å². The number of aromatic amines is 1. The lowest BCUT2D eigenvalue weighted by Gasteiger charge is -2.31. The number of aliphatic hydroxyl groups is 1. The van der Waals surface area contributed by atoms with Crippen molar-refractivity contribution in [3.63, 3.8) is 0 Å². The number of hydrogen-bond donors (Lipinski definition) is 6. The van der Waals surface area contributed by atoms with Crippen LogP contribution in [-0.2, 0) is 26.5 Å². The molecule has 1 heterocycles. The number of carboxylic acids is 3. The molecule has 0 aliphatic heterocycles. The van der Waals surface area contributed by atoms with Crippen molar-refractivity contribution in [2.45, 2.75) is 56.2 Å². The van der Waals surface area contributed by atoms with E-state index in [-0.39, 0.29) is 5.54 Å². The summed E-state index contributed by atoms with van der Waals surface area (Å²) in [6, 6.07) is 16.6. The lowest BCUT2D eigenvalue weighted by molar-refractivity contribution is -0.170. The van der Waals surface area contributed by atoms with E-state index in [9.17, 15) is 14.4 Å². The second kappa shape index (κ2) is 13.8. The maximum absolute atomic E-state index is 10.3. The van der Waals surface area contributed by atoms with Crippen molar-refractivity contribution in [1.82, 2.24) is 15.5 Å². The van der Waals surface area contributed by atoms with E-state index in [4.69, 9.17) is 29.9 Å². The van der Waals surface area contributed by atoms with Crippen molar-refractivity contribution in [3.05, 3.63) is 65.9 Å². The summed E-state index contributed by atoms with van der Waals surface area (Å²) >= 11 is 0. The molecule has 1 aromatic heterocycles. The Morgan fingerprint density at radius 3 is 2.10 bits per heavy atom. The van der Waals surface area contributed by atoms with Gasteiger partial charge in [-0.2, -0.15) is 5.10 Å². The van der Waals surface area contributed by atoms with E-state index in [1.54, 1.807) is 14.2 Å². The van der Waals surface area contributed by atoms with Crippen LogP contribution in [0.1, 0.15) is 49.7 Å². The van der Waals surface area contributed by atoms with Crippen molar-refractivity contribution in [1.29, 1.82) is 0 Å². The van der Waals surface area contributed by atoms with E-state index < -0.39 is 36.4 Å². The van der Waals surface area contributed by atoms with Crippen LogP contribution in [0, 0.1) is 0 Å². The van der Waals surface area contributed by atoms with E-state index in [0.717, 1.165) is 47.7 Å². The number of nitrogens with one attached hydrogen (secondary N) is 2. The van der Waals surface area contributed by atoms with Crippen LogP contribution >= 0.6 is 0 Å². The molecular weight excluding hydrogens is 534 g/mol. The molecule has 1 saturated carbocycles. The molecule has 0 amide bonds. The maximum Gasteiger partial charge on any atom is 0.336 e. The number of ether oxygens (including phenoxy) is 2. The number of carbonyl (C=O) groups is 3. The number of H-pyrrole nitrogens is 1. The van der Waals surface area contributed by atoms with Crippen LogP contribution in [0.5, 0.6) is 11.5 Å². The molecule has 6 N–H and O–H groups in total. The minimum Gasteiger partial charge on any atom is -0.497 e. The molecule has 1 fully saturated rings. The first-order valence-corrected chi connectivity index (χ1v) is 13.0. The predicted molar refractivity (Wildman–Crippen MR) is 148 cm³/mol. The number of rotatable bonds is 12. The Morgan fingerprint density at radius 1 is 0.951 bits per heavy atom. The highest BCUT2D eigenvalue weighted by Gasteiger charge is 2.41. The molecule has 0 saturated heterocycles. The topological polar surface area (TPSA) is 191 Å². The monoisotopic (exact) mass is 569 g/mol. The average molecular weight is 570 g/mol. The van der Waals surface area contributed by atoms with Gasteiger partial charge >= 0.3 is 17.9 Å². The molecule has 1 aliphatic carbocycles. The second-order valence-corrected chi connectivity index (χ2v) is 9.85. The zero-order valence-corrected chi connectivity index (χ0v) is 22.9. The Balaban J connectivity index is 0.000000302. The van der Waals surface area contributed by atoms with Gasteiger partial charge in [-0.3, -0.25) is 14.7 Å². The molecule has 0 spiro atoms. The van der Waals surface area contributed by atoms with E-state index in [2.05, 4.69) is 45.8 Å². The Kier molecular flexibility index (Phi) is 10.5. The third-order valence-corrected chi connectivity index (χ3v) is 7.08. The number of carboxylic acid groups (broad SMARTS) is 3. The summed E-state index contributed by atoms with van der Waals surface area (Å²) in [6.07, 6.45) is 4.40. The maximum atomic E-state index is 10.3. The zero-order valence-electron chi connectivity index (χ0n) is 22.9. The molecule has 3 aromatic rings. The van der Waals surface area contributed by atoms with E-state index in [1.165, 1.54) is 18.4 Å². The second-order valence-electron chi connectivity index (χ2n) is 9.85. The van der Waals surface area contributed by atoms with Crippen LogP contribution in [0.25, 0.3) is 11.3 Å². The highest BCUT2D eigenvalue weighted by Crippen LogP contribution is 2.40. The van der Waals surface area contributed by atoms with Gasteiger partial charge in [-0.25, -0.2) is 4.79 Å². The molecule has 2 aromatic carbocycles. The van der Waals surface area contributed by atoms with Gasteiger partial charge in [-0.15, -0.1) is 0 Å². The summed E-state index contributed by atoms with van der Waals surface area (Å²) < 4.78 is 10.7. The fraction of sp³-hybridized carbons (Fsp3) is 0.379. The van der Waals surface area contributed by atoms with Gasteiger partial charge in [-0.05, 0) is 42.7 Å². The first-order chi connectivity index (χ1) is 19.5. The molecule has 0 bridgehead atoms. The molecule has 0 unspecified atom stereocenters. The number of aromatic nitrogens is 2. The minimum atomic E-state index is -2.74. The first-order valence-electron chi connectivity index (χ1n) is 13.0. The number of hydrogen-bond acceptors (Lipinski definition) is 8. The summed E-state index contributed by atoms with van der Waals surface area (Å²) in [5, 5.41) is 45.1. The zero-order chi connectivity index (χ0) is 30.0.